The third-order valence-electron chi connectivity index (χ3n) is 2.29. The summed E-state index contributed by atoms with van der Waals surface area (Å²) in [5.74, 6) is 0.521. The number of benzene rings is 1. The molecule has 1 N–H and O–H groups in total. The van der Waals surface area contributed by atoms with Crippen molar-refractivity contribution in [3.8, 4) is 5.75 Å². The van der Waals surface area contributed by atoms with E-state index in [2.05, 4.69) is 0 Å². The largest absolute Gasteiger partial charge is 0.490 e. The van der Waals surface area contributed by atoms with E-state index in [1.165, 1.54) is 25.1 Å². The molecule has 3 heteroatoms. The SMILES string of the molecule is N=Cc1ccc(F)c(OCC2CC2)c1. The first-order valence-electron chi connectivity index (χ1n) is 4.72. The van der Waals surface area contributed by atoms with Crippen LogP contribution in [0.3, 0.4) is 0 Å². The van der Waals surface area contributed by atoms with Crippen molar-refractivity contribution >= 4 is 6.21 Å². The highest BCUT2D eigenvalue weighted by molar-refractivity contribution is 5.77. The minimum atomic E-state index is -0.351. The average molecular weight is 193 g/mol. The molecule has 1 saturated carbocycles. The molecule has 2 nitrogen and oxygen atoms in total. The van der Waals surface area contributed by atoms with Crippen molar-refractivity contribution in [3.63, 3.8) is 0 Å². The molecule has 0 aromatic heterocycles. The summed E-state index contributed by atoms with van der Waals surface area (Å²) in [7, 11) is 0. The zero-order chi connectivity index (χ0) is 9.97. The molecule has 0 bridgehead atoms. The Bertz CT molecular complexity index is 347. The molecule has 0 aliphatic heterocycles. The van der Waals surface area contributed by atoms with Gasteiger partial charge in [-0.1, -0.05) is 6.07 Å². The van der Waals surface area contributed by atoms with Crippen molar-refractivity contribution in [3.05, 3.63) is 29.6 Å². The van der Waals surface area contributed by atoms with Crippen LogP contribution in [0, 0.1) is 17.1 Å². The Hall–Kier alpha value is -1.38. The second kappa shape index (κ2) is 3.78. The monoisotopic (exact) mass is 193 g/mol. The van der Waals surface area contributed by atoms with Gasteiger partial charge in [0.25, 0.3) is 0 Å². The second-order valence-corrected chi connectivity index (χ2v) is 3.59. The van der Waals surface area contributed by atoms with E-state index in [0.717, 1.165) is 0 Å². The van der Waals surface area contributed by atoms with E-state index in [9.17, 15) is 4.39 Å². The van der Waals surface area contributed by atoms with E-state index in [0.29, 0.717) is 18.1 Å². The van der Waals surface area contributed by atoms with Crippen LogP contribution in [0.15, 0.2) is 18.2 Å². The number of hydrogen-bond acceptors (Lipinski definition) is 2. The fourth-order valence-electron chi connectivity index (χ4n) is 1.21. The molecule has 0 radical (unpaired) electrons. The smallest absolute Gasteiger partial charge is 0.165 e. The van der Waals surface area contributed by atoms with Gasteiger partial charge in [-0.2, -0.15) is 0 Å². The van der Waals surface area contributed by atoms with Gasteiger partial charge in [-0.05, 0) is 36.5 Å². The Kier molecular flexibility index (Phi) is 2.48. The van der Waals surface area contributed by atoms with Crippen molar-refractivity contribution in [2.24, 2.45) is 5.92 Å². The summed E-state index contributed by atoms with van der Waals surface area (Å²) in [6.07, 6.45) is 3.56. The molecular formula is C11H12FNO. The van der Waals surface area contributed by atoms with Gasteiger partial charge >= 0.3 is 0 Å². The normalized spacial score (nSPS) is 15.2. The number of hydrogen-bond donors (Lipinski definition) is 1. The summed E-state index contributed by atoms with van der Waals surface area (Å²) in [4.78, 5) is 0. The molecule has 1 fully saturated rings. The van der Waals surface area contributed by atoms with Crippen LogP contribution in [0.2, 0.25) is 0 Å². The highest BCUT2D eigenvalue weighted by Gasteiger charge is 2.22. The fraction of sp³-hybridized carbons (Fsp3) is 0.364. The van der Waals surface area contributed by atoms with Crippen LogP contribution in [0.5, 0.6) is 5.75 Å². The van der Waals surface area contributed by atoms with Crippen LogP contribution in [-0.4, -0.2) is 12.8 Å². The average Bonchev–Trinajstić information content (AvgIpc) is 3.00. The van der Waals surface area contributed by atoms with Gasteiger partial charge < -0.3 is 10.1 Å². The Labute approximate surface area is 82.2 Å². The zero-order valence-corrected chi connectivity index (χ0v) is 7.79. The summed E-state index contributed by atoms with van der Waals surface area (Å²) in [6, 6.07) is 4.46. The molecule has 0 saturated heterocycles. The molecule has 0 heterocycles. The maximum Gasteiger partial charge on any atom is 0.165 e. The molecule has 1 aliphatic rings. The molecule has 0 amide bonds. The van der Waals surface area contributed by atoms with Gasteiger partial charge in [0.1, 0.15) is 0 Å². The Balaban J connectivity index is 2.08. The minimum absolute atomic E-state index is 0.262. The minimum Gasteiger partial charge on any atom is -0.490 e. The lowest BCUT2D eigenvalue weighted by Gasteiger charge is -2.06. The van der Waals surface area contributed by atoms with Crippen molar-refractivity contribution in [2.75, 3.05) is 6.61 Å². The number of nitrogens with one attached hydrogen (secondary N) is 1. The molecule has 1 aliphatic carbocycles. The highest BCUT2D eigenvalue weighted by atomic mass is 19.1. The van der Waals surface area contributed by atoms with Crippen molar-refractivity contribution < 1.29 is 9.13 Å². The molecular weight excluding hydrogens is 181 g/mol. The standard InChI is InChI=1S/C11H12FNO/c12-10-4-3-9(6-13)5-11(10)14-7-8-1-2-8/h3-6,8,13H,1-2,7H2. The summed E-state index contributed by atoms with van der Waals surface area (Å²) in [5, 5.41) is 7.04. The third-order valence-corrected chi connectivity index (χ3v) is 2.29. The van der Waals surface area contributed by atoms with Crippen LogP contribution in [-0.2, 0) is 0 Å². The molecule has 0 unspecified atom stereocenters. The quantitative estimate of drug-likeness (QED) is 0.732. The van der Waals surface area contributed by atoms with Gasteiger partial charge in [-0.3, -0.25) is 0 Å². The predicted octanol–water partition coefficient (Wildman–Crippen LogP) is 2.61. The van der Waals surface area contributed by atoms with Crippen LogP contribution < -0.4 is 4.74 Å². The second-order valence-electron chi connectivity index (χ2n) is 3.59. The first-order valence-corrected chi connectivity index (χ1v) is 4.72. The van der Waals surface area contributed by atoms with E-state index in [4.69, 9.17) is 10.1 Å². The number of ether oxygens (including phenoxy) is 1. The van der Waals surface area contributed by atoms with Gasteiger partial charge in [0.15, 0.2) is 11.6 Å². The lowest BCUT2D eigenvalue weighted by Crippen LogP contribution is -2.01. The van der Waals surface area contributed by atoms with Gasteiger partial charge in [-0.15, -0.1) is 0 Å². The molecule has 0 atom stereocenters. The first kappa shape index (κ1) is 9.19. The summed E-state index contributed by atoms with van der Waals surface area (Å²) in [5.41, 5.74) is 0.664. The van der Waals surface area contributed by atoms with Gasteiger partial charge in [-0.25, -0.2) is 4.39 Å². The molecule has 1 aromatic carbocycles. The third kappa shape index (κ3) is 2.10. The predicted molar refractivity (Wildman–Crippen MR) is 52.5 cm³/mol. The summed E-state index contributed by atoms with van der Waals surface area (Å²) >= 11 is 0. The van der Waals surface area contributed by atoms with Crippen LogP contribution in [0.1, 0.15) is 18.4 Å². The molecule has 0 spiro atoms. The van der Waals surface area contributed by atoms with Gasteiger partial charge in [0, 0.05) is 6.21 Å². The lowest BCUT2D eigenvalue weighted by molar-refractivity contribution is 0.285. The fourth-order valence-corrected chi connectivity index (χ4v) is 1.21. The maximum atomic E-state index is 13.2. The van der Waals surface area contributed by atoms with Crippen molar-refractivity contribution in [1.82, 2.24) is 0 Å². The van der Waals surface area contributed by atoms with Crippen molar-refractivity contribution in [1.29, 1.82) is 5.41 Å². The highest BCUT2D eigenvalue weighted by Crippen LogP contribution is 2.30. The topological polar surface area (TPSA) is 33.1 Å². The van der Waals surface area contributed by atoms with Crippen LogP contribution in [0.25, 0.3) is 0 Å². The molecule has 14 heavy (non-hydrogen) atoms. The van der Waals surface area contributed by atoms with Gasteiger partial charge in [0.05, 0.1) is 6.61 Å². The molecule has 1 aromatic rings. The van der Waals surface area contributed by atoms with E-state index in [1.54, 1.807) is 12.1 Å². The molecule has 74 valence electrons. The van der Waals surface area contributed by atoms with E-state index < -0.39 is 0 Å². The Morgan fingerprint density at radius 2 is 2.29 bits per heavy atom. The van der Waals surface area contributed by atoms with E-state index in [1.807, 2.05) is 0 Å². The van der Waals surface area contributed by atoms with Crippen molar-refractivity contribution in [2.45, 2.75) is 12.8 Å². The Morgan fingerprint density at radius 3 is 2.93 bits per heavy atom. The van der Waals surface area contributed by atoms with Crippen LogP contribution in [0.4, 0.5) is 4.39 Å². The number of halogens is 1. The summed E-state index contributed by atoms with van der Waals surface area (Å²) in [6.45, 7) is 0.596. The Morgan fingerprint density at radius 1 is 1.50 bits per heavy atom. The molecule has 2 rings (SSSR count). The van der Waals surface area contributed by atoms with Crippen LogP contribution >= 0.6 is 0 Å². The maximum absolute atomic E-state index is 13.2. The van der Waals surface area contributed by atoms with E-state index in [-0.39, 0.29) is 11.6 Å². The van der Waals surface area contributed by atoms with Gasteiger partial charge in [0.2, 0.25) is 0 Å². The zero-order valence-electron chi connectivity index (χ0n) is 7.79. The lowest BCUT2D eigenvalue weighted by atomic mass is 10.2. The number of rotatable bonds is 4. The summed E-state index contributed by atoms with van der Waals surface area (Å²) < 4.78 is 18.5. The first-order chi connectivity index (χ1) is 6.79. The van der Waals surface area contributed by atoms with E-state index >= 15 is 0 Å².